The molecule has 9 aromatic carbocycles. The van der Waals surface area contributed by atoms with Gasteiger partial charge in [-0.2, -0.15) is 0 Å². The van der Waals surface area contributed by atoms with Crippen molar-refractivity contribution < 1.29 is 0 Å². The fourth-order valence-corrected chi connectivity index (χ4v) is 11.5. The molecule has 2 aromatic heterocycles. The summed E-state index contributed by atoms with van der Waals surface area (Å²) in [6.45, 7) is 6.88. The first-order valence-corrected chi connectivity index (χ1v) is 22.4. The topological polar surface area (TPSA) is 8.17 Å². The summed E-state index contributed by atoms with van der Waals surface area (Å²) in [6.07, 6.45) is 0. The fraction of sp³-hybridized carbons (Fsp3) is 0.0847. The van der Waals surface area contributed by atoms with Crippen LogP contribution in [0.2, 0.25) is 0 Å². The number of nitrogens with zero attached hydrogens (tertiary/aromatic N) is 2. The number of anilines is 3. The summed E-state index contributed by atoms with van der Waals surface area (Å²) >= 11 is 1.87. The lowest BCUT2D eigenvalue weighted by atomic mass is 9.67. The van der Waals surface area contributed by atoms with Gasteiger partial charge >= 0.3 is 0 Å². The van der Waals surface area contributed by atoms with Crippen LogP contribution >= 0.6 is 11.3 Å². The standard InChI is InChI=1S/C59H44N2S/c1-58(2,3)41-21-16-22-42(35-41)61-54-27-14-11-24-48(54)49-33-30-44(37-55(49)61)60(45-31-34-51-50-25-12-15-28-56(50)62-57(51)38-45)43-29-32-47-46-23-10-13-26-52(46)59(53(47)36-43,39-17-6-4-7-18-39)40-19-8-5-9-20-40/h4-38H,1-3H3. The maximum absolute atomic E-state index is 2.49. The van der Waals surface area contributed by atoms with Crippen molar-refractivity contribution in [2.24, 2.45) is 0 Å². The Morgan fingerprint density at radius 3 is 1.77 bits per heavy atom. The molecule has 3 heteroatoms. The molecule has 2 nitrogen and oxygen atoms in total. The molecule has 12 rings (SSSR count). The van der Waals surface area contributed by atoms with E-state index in [4.69, 9.17) is 0 Å². The Morgan fingerprint density at radius 1 is 0.419 bits per heavy atom. The molecule has 296 valence electrons. The Morgan fingerprint density at radius 2 is 1.00 bits per heavy atom. The van der Waals surface area contributed by atoms with Gasteiger partial charge < -0.3 is 9.47 Å². The van der Waals surface area contributed by atoms with Crippen LogP contribution in [0.5, 0.6) is 0 Å². The summed E-state index contributed by atoms with van der Waals surface area (Å²) in [5, 5.41) is 5.08. The van der Waals surface area contributed by atoms with E-state index in [1.165, 1.54) is 86.6 Å². The second kappa shape index (κ2) is 13.9. The summed E-state index contributed by atoms with van der Waals surface area (Å²) in [6, 6.07) is 79.2. The molecule has 0 spiro atoms. The van der Waals surface area contributed by atoms with Crippen molar-refractivity contribution in [1.29, 1.82) is 0 Å². The summed E-state index contributed by atoms with van der Waals surface area (Å²) in [4.78, 5) is 2.49. The predicted octanol–water partition coefficient (Wildman–Crippen LogP) is 16.3. The number of rotatable bonds is 6. The van der Waals surface area contributed by atoms with Crippen LogP contribution in [0.1, 0.15) is 48.6 Å². The number of para-hydroxylation sites is 1. The monoisotopic (exact) mass is 812 g/mol. The molecule has 0 unspecified atom stereocenters. The first-order valence-electron chi connectivity index (χ1n) is 21.6. The van der Waals surface area contributed by atoms with Crippen molar-refractivity contribution in [1.82, 2.24) is 4.57 Å². The average Bonchev–Trinajstić information content (AvgIpc) is 3.95. The molecule has 0 aliphatic heterocycles. The predicted molar refractivity (Wildman–Crippen MR) is 264 cm³/mol. The maximum Gasteiger partial charge on any atom is 0.0714 e. The molecule has 0 bridgehead atoms. The molecule has 0 radical (unpaired) electrons. The smallest absolute Gasteiger partial charge is 0.0714 e. The van der Waals surface area contributed by atoms with E-state index in [2.05, 4.69) is 243 Å². The van der Waals surface area contributed by atoms with E-state index in [1.807, 2.05) is 11.3 Å². The van der Waals surface area contributed by atoms with E-state index < -0.39 is 5.41 Å². The minimum atomic E-state index is -0.514. The fourth-order valence-electron chi connectivity index (χ4n) is 10.4. The summed E-state index contributed by atoms with van der Waals surface area (Å²) in [5.74, 6) is 0. The van der Waals surface area contributed by atoms with Crippen molar-refractivity contribution in [2.45, 2.75) is 31.6 Å². The van der Waals surface area contributed by atoms with Crippen molar-refractivity contribution in [3.8, 4) is 16.8 Å². The molecule has 0 saturated carbocycles. The van der Waals surface area contributed by atoms with Gasteiger partial charge in [-0.05, 0) is 105 Å². The van der Waals surface area contributed by atoms with Gasteiger partial charge in [0.05, 0.1) is 16.4 Å². The highest BCUT2D eigenvalue weighted by Gasteiger charge is 2.46. The molecule has 0 amide bonds. The van der Waals surface area contributed by atoms with Crippen molar-refractivity contribution >= 4 is 70.4 Å². The van der Waals surface area contributed by atoms with Gasteiger partial charge in [0.1, 0.15) is 0 Å². The summed E-state index contributed by atoms with van der Waals surface area (Å²) < 4.78 is 5.05. The lowest BCUT2D eigenvalue weighted by Gasteiger charge is -2.35. The Hall–Kier alpha value is -7.20. The van der Waals surface area contributed by atoms with E-state index in [0.717, 1.165) is 17.1 Å². The average molecular weight is 813 g/mol. The molecular formula is C59H44N2S. The maximum atomic E-state index is 2.49. The van der Waals surface area contributed by atoms with Gasteiger partial charge in [0.25, 0.3) is 0 Å². The Labute approximate surface area is 366 Å². The van der Waals surface area contributed by atoms with Gasteiger partial charge in [-0.3, -0.25) is 0 Å². The van der Waals surface area contributed by atoms with Crippen molar-refractivity contribution in [2.75, 3.05) is 4.90 Å². The van der Waals surface area contributed by atoms with Crippen LogP contribution in [0.25, 0.3) is 58.8 Å². The molecule has 1 aliphatic carbocycles. The Kier molecular flexibility index (Phi) is 8.23. The van der Waals surface area contributed by atoms with Gasteiger partial charge in [0.15, 0.2) is 0 Å². The number of aromatic nitrogens is 1. The SMILES string of the molecule is CC(C)(C)c1cccc(-n2c3ccccc3c3ccc(N(c4ccc5c(c4)C(c4ccccc4)(c4ccccc4)c4ccccc4-5)c4ccc5c(c4)sc4ccccc45)cc32)c1. The molecule has 62 heavy (non-hydrogen) atoms. The third-order valence-electron chi connectivity index (χ3n) is 13.2. The quantitative estimate of drug-likeness (QED) is 0.162. The van der Waals surface area contributed by atoms with E-state index in [9.17, 15) is 0 Å². The lowest BCUT2D eigenvalue weighted by molar-refractivity contribution is 0.590. The van der Waals surface area contributed by atoms with E-state index >= 15 is 0 Å². The van der Waals surface area contributed by atoms with E-state index in [1.54, 1.807) is 0 Å². The molecule has 0 saturated heterocycles. The molecule has 0 N–H and O–H groups in total. The minimum absolute atomic E-state index is 0.0178. The Bertz CT molecular complexity index is 3470. The molecule has 1 aliphatic rings. The van der Waals surface area contributed by atoms with Gasteiger partial charge in [-0.1, -0.05) is 172 Å². The number of benzene rings is 9. The lowest BCUT2D eigenvalue weighted by Crippen LogP contribution is -2.28. The molecule has 0 fully saturated rings. The molecular weight excluding hydrogens is 769 g/mol. The van der Waals surface area contributed by atoms with Crippen LogP contribution < -0.4 is 4.90 Å². The minimum Gasteiger partial charge on any atom is -0.310 e. The number of hydrogen-bond acceptors (Lipinski definition) is 2. The third kappa shape index (κ3) is 5.48. The van der Waals surface area contributed by atoms with Gasteiger partial charge in [-0.15, -0.1) is 11.3 Å². The number of hydrogen-bond donors (Lipinski definition) is 0. The zero-order valence-corrected chi connectivity index (χ0v) is 35.8. The van der Waals surface area contributed by atoms with E-state index in [-0.39, 0.29) is 5.41 Å². The molecule has 2 heterocycles. The molecule has 0 atom stereocenters. The third-order valence-corrected chi connectivity index (χ3v) is 14.3. The molecule has 11 aromatic rings. The Balaban J connectivity index is 1.14. The van der Waals surface area contributed by atoms with Crippen LogP contribution in [0.4, 0.5) is 17.1 Å². The zero-order valence-electron chi connectivity index (χ0n) is 35.0. The normalized spacial score (nSPS) is 13.2. The van der Waals surface area contributed by atoms with Gasteiger partial charge in [-0.25, -0.2) is 0 Å². The van der Waals surface area contributed by atoms with Crippen LogP contribution in [0.15, 0.2) is 212 Å². The van der Waals surface area contributed by atoms with Crippen molar-refractivity contribution in [3.63, 3.8) is 0 Å². The highest BCUT2D eigenvalue weighted by atomic mass is 32.1. The second-order valence-electron chi connectivity index (χ2n) is 17.7. The van der Waals surface area contributed by atoms with Crippen LogP contribution in [-0.4, -0.2) is 4.57 Å². The summed E-state index contributed by atoms with van der Waals surface area (Å²) in [7, 11) is 0. The largest absolute Gasteiger partial charge is 0.310 e. The number of fused-ring (bicyclic) bond motifs is 9. The first kappa shape index (κ1) is 36.6. The van der Waals surface area contributed by atoms with Gasteiger partial charge in [0.2, 0.25) is 0 Å². The van der Waals surface area contributed by atoms with Gasteiger partial charge in [0, 0.05) is 53.7 Å². The number of thiophene rings is 1. The van der Waals surface area contributed by atoms with Crippen LogP contribution in [0.3, 0.4) is 0 Å². The zero-order chi connectivity index (χ0) is 41.6. The van der Waals surface area contributed by atoms with Crippen LogP contribution in [0, 0.1) is 0 Å². The first-order chi connectivity index (χ1) is 30.4. The summed E-state index contributed by atoms with van der Waals surface area (Å²) in [5.41, 5.74) is 15.4. The highest BCUT2D eigenvalue weighted by Crippen LogP contribution is 2.57. The second-order valence-corrected chi connectivity index (χ2v) is 18.8. The highest BCUT2D eigenvalue weighted by molar-refractivity contribution is 7.25. The van der Waals surface area contributed by atoms with Crippen LogP contribution in [-0.2, 0) is 10.8 Å². The van der Waals surface area contributed by atoms with Crippen molar-refractivity contribution in [3.05, 3.63) is 240 Å². The van der Waals surface area contributed by atoms with E-state index in [0.29, 0.717) is 0 Å².